The zero-order valence-corrected chi connectivity index (χ0v) is 11.5. The fourth-order valence-corrected chi connectivity index (χ4v) is 2.65. The van der Waals surface area contributed by atoms with Crippen molar-refractivity contribution in [1.29, 1.82) is 0 Å². The summed E-state index contributed by atoms with van der Waals surface area (Å²) in [5.41, 5.74) is 4.59. The summed E-state index contributed by atoms with van der Waals surface area (Å²) in [7, 11) is 0. The number of ether oxygens (including phenoxy) is 1. The molecule has 2 rings (SSSR count). The predicted molar refractivity (Wildman–Crippen MR) is 67.9 cm³/mol. The van der Waals surface area contributed by atoms with Crippen LogP contribution in [0.5, 0.6) is 0 Å². The Balaban J connectivity index is 2.02. The molecule has 0 aromatic heterocycles. The number of carbonyl (C=O) groups is 1. The van der Waals surface area contributed by atoms with Gasteiger partial charge < -0.3 is 20.9 Å². The summed E-state index contributed by atoms with van der Waals surface area (Å²) < 4.78 is 5.60. The smallest absolute Gasteiger partial charge is 0.241 e. The molecule has 18 heavy (non-hydrogen) atoms. The largest absolute Gasteiger partial charge is 0.394 e. The van der Waals surface area contributed by atoms with Crippen molar-refractivity contribution in [2.24, 2.45) is 11.1 Å². The normalized spacial score (nSPS) is 35.7. The van der Waals surface area contributed by atoms with E-state index < -0.39 is 11.1 Å². The van der Waals surface area contributed by atoms with Gasteiger partial charge in [-0.05, 0) is 19.8 Å². The Bertz CT molecular complexity index is 352. The van der Waals surface area contributed by atoms with E-state index in [0.29, 0.717) is 13.0 Å². The third-order valence-electron chi connectivity index (χ3n) is 4.77. The Labute approximate surface area is 108 Å². The molecule has 2 unspecified atom stereocenters. The van der Waals surface area contributed by atoms with Crippen LogP contribution >= 0.6 is 0 Å². The minimum Gasteiger partial charge on any atom is -0.394 e. The maximum Gasteiger partial charge on any atom is 0.241 e. The molecular weight excluding hydrogens is 232 g/mol. The van der Waals surface area contributed by atoms with Crippen molar-refractivity contribution >= 4 is 5.91 Å². The zero-order chi connectivity index (χ0) is 13.6. The van der Waals surface area contributed by atoms with Gasteiger partial charge in [0.05, 0.1) is 18.2 Å². The van der Waals surface area contributed by atoms with Crippen molar-refractivity contribution in [3.63, 3.8) is 0 Å². The van der Waals surface area contributed by atoms with E-state index in [0.717, 1.165) is 12.8 Å². The highest BCUT2D eigenvalue weighted by Crippen LogP contribution is 2.50. The Hall–Kier alpha value is -0.650. The second-order valence-electron chi connectivity index (χ2n) is 6.23. The molecule has 0 aliphatic heterocycles. The van der Waals surface area contributed by atoms with Crippen LogP contribution in [0, 0.1) is 5.41 Å². The van der Waals surface area contributed by atoms with E-state index in [1.54, 1.807) is 0 Å². The van der Waals surface area contributed by atoms with E-state index in [9.17, 15) is 9.90 Å². The monoisotopic (exact) mass is 256 g/mol. The molecule has 0 aromatic carbocycles. The Kier molecular flexibility index (Phi) is 3.20. The van der Waals surface area contributed by atoms with Crippen molar-refractivity contribution in [2.75, 3.05) is 13.2 Å². The maximum absolute atomic E-state index is 12.3. The third-order valence-corrected chi connectivity index (χ3v) is 4.77. The quantitative estimate of drug-likeness (QED) is 0.654. The fourth-order valence-electron chi connectivity index (χ4n) is 2.65. The molecule has 0 aromatic rings. The van der Waals surface area contributed by atoms with Gasteiger partial charge in [-0.15, -0.1) is 0 Å². The molecule has 0 radical (unpaired) electrons. The van der Waals surface area contributed by atoms with Gasteiger partial charge >= 0.3 is 0 Å². The predicted octanol–water partition coefficient (Wildman–Crippen LogP) is 0.160. The summed E-state index contributed by atoms with van der Waals surface area (Å²) in [6, 6.07) is 0. The van der Waals surface area contributed by atoms with E-state index in [-0.39, 0.29) is 24.0 Å². The van der Waals surface area contributed by atoms with Crippen molar-refractivity contribution in [1.82, 2.24) is 5.32 Å². The molecule has 2 fully saturated rings. The first-order chi connectivity index (χ1) is 8.31. The topological polar surface area (TPSA) is 84.6 Å². The van der Waals surface area contributed by atoms with Gasteiger partial charge in [0, 0.05) is 18.4 Å². The van der Waals surface area contributed by atoms with Crippen LogP contribution in [0.1, 0.15) is 40.0 Å². The molecule has 4 N–H and O–H groups in total. The average Bonchev–Trinajstić information content (AvgIpc) is 3.09. The Morgan fingerprint density at radius 1 is 1.50 bits per heavy atom. The van der Waals surface area contributed by atoms with E-state index >= 15 is 0 Å². The van der Waals surface area contributed by atoms with E-state index in [2.05, 4.69) is 5.32 Å². The second kappa shape index (κ2) is 4.18. The summed E-state index contributed by atoms with van der Waals surface area (Å²) in [5.74, 6) is -0.157. The minimum atomic E-state index is -0.891. The van der Waals surface area contributed by atoms with Crippen molar-refractivity contribution in [2.45, 2.75) is 57.2 Å². The van der Waals surface area contributed by atoms with Gasteiger partial charge in [-0.1, -0.05) is 13.8 Å². The van der Waals surface area contributed by atoms with Crippen LogP contribution in [-0.4, -0.2) is 41.4 Å². The van der Waals surface area contributed by atoms with Gasteiger partial charge in [0.2, 0.25) is 5.91 Å². The van der Waals surface area contributed by atoms with Gasteiger partial charge in [0.25, 0.3) is 0 Å². The fraction of sp³-hybridized carbons (Fsp3) is 0.923. The molecule has 5 heteroatoms. The van der Waals surface area contributed by atoms with Crippen LogP contribution in [0.4, 0.5) is 0 Å². The number of aliphatic hydroxyl groups is 1. The lowest BCUT2D eigenvalue weighted by molar-refractivity contribution is -0.171. The second-order valence-corrected chi connectivity index (χ2v) is 6.23. The first-order valence-corrected chi connectivity index (χ1v) is 6.65. The molecule has 0 bridgehead atoms. The number of carbonyl (C=O) groups excluding carboxylic acids is 1. The molecule has 0 spiro atoms. The molecule has 2 atom stereocenters. The first kappa shape index (κ1) is 13.8. The van der Waals surface area contributed by atoms with Crippen LogP contribution in [0.15, 0.2) is 0 Å². The van der Waals surface area contributed by atoms with Gasteiger partial charge in [0.15, 0.2) is 0 Å². The summed E-state index contributed by atoms with van der Waals surface area (Å²) in [4.78, 5) is 12.3. The minimum absolute atomic E-state index is 0.00978. The highest BCUT2D eigenvalue weighted by molar-refractivity contribution is 5.89. The van der Waals surface area contributed by atoms with Crippen LogP contribution in [0.3, 0.4) is 0 Å². The molecule has 0 saturated heterocycles. The maximum atomic E-state index is 12.3. The molecule has 104 valence electrons. The van der Waals surface area contributed by atoms with Crippen molar-refractivity contribution < 1.29 is 14.6 Å². The lowest BCUT2D eigenvalue weighted by Gasteiger charge is -2.57. The Morgan fingerprint density at radius 2 is 2.11 bits per heavy atom. The van der Waals surface area contributed by atoms with Crippen molar-refractivity contribution in [3.05, 3.63) is 0 Å². The number of rotatable bonds is 5. The number of nitrogens with one attached hydrogen (secondary N) is 1. The molecule has 2 aliphatic rings. The van der Waals surface area contributed by atoms with Gasteiger partial charge in [-0.2, -0.15) is 0 Å². The van der Waals surface area contributed by atoms with Gasteiger partial charge in [0.1, 0.15) is 5.54 Å². The summed E-state index contributed by atoms with van der Waals surface area (Å²) in [6.45, 7) is 6.50. The van der Waals surface area contributed by atoms with Gasteiger partial charge in [-0.25, -0.2) is 0 Å². The molecule has 1 amide bonds. The summed E-state index contributed by atoms with van der Waals surface area (Å²) >= 11 is 0. The third kappa shape index (κ3) is 1.85. The molecule has 0 heterocycles. The number of nitrogens with two attached hydrogens (primary N) is 1. The van der Waals surface area contributed by atoms with Crippen LogP contribution < -0.4 is 11.1 Å². The highest BCUT2D eigenvalue weighted by Gasteiger charge is 2.64. The lowest BCUT2D eigenvalue weighted by Crippen LogP contribution is -2.76. The zero-order valence-electron chi connectivity index (χ0n) is 11.5. The first-order valence-electron chi connectivity index (χ1n) is 6.65. The number of hydrogen-bond donors (Lipinski definition) is 3. The van der Waals surface area contributed by atoms with Gasteiger partial charge in [-0.3, -0.25) is 4.79 Å². The van der Waals surface area contributed by atoms with Crippen LogP contribution in [0.2, 0.25) is 0 Å². The standard InChI is InChI=1S/C13H24N2O3/c1-4-18-9-7-13(14,11(9,2)3)10(17)15-12(8-16)5-6-12/h9,16H,4-8,14H2,1-3H3,(H,15,17). The van der Waals surface area contributed by atoms with E-state index in [1.165, 1.54) is 0 Å². The average molecular weight is 256 g/mol. The summed E-state index contributed by atoms with van der Waals surface area (Å²) in [6.07, 6.45) is 2.24. The van der Waals surface area contributed by atoms with E-state index in [1.807, 2.05) is 20.8 Å². The molecule has 2 saturated carbocycles. The number of amides is 1. The SMILES string of the molecule is CCOC1CC(N)(C(=O)NC2(CO)CC2)C1(C)C. The van der Waals surface area contributed by atoms with Crippen molar-refractivity contribution in [3.8, 4) is 0 Å². The molecular formula is C13H24N2O3. The summed E-state index contributed by atoms with van der Waals surface area (Å²) in [5, 5.41) is 12.2. The number of aliphatic hydroxyl groups excluding tert-OH is 1. The number of hydrogen-bond acceptors (Lipinski definition) is 4. The van der Waals surface area contributed by atoms with Crippen LogP contribution in [-0.2, 0) is 9.53 Å². The Morgan fingerprint density at radius 3 is 2.50 bits per heavy atom. The lowest BCUT2D eigenvalue weighted by atomic mass is 9.54. The van der Waals surface area contributed by atoms with E-state index in [4.69, 9.17) is 10.5 Å². The molecule has 5 nitrogen and oxygen atoms in total. The highest BCUT2D eigenvalue weighted by atomic mass is 16.5. The van der Waals surface area contributed by atoms with Crippen LogP contribution in [0.25, 0.3) is 0 Å². The molecule has 2 aliphatic carbocycles.